The van der Waals surface area contributed by atoms with Crippen molar-refractivity contribution < 1.29 is 47.0 Å². The van der Waals surface area contributed by atoms with Crippen molar-refractivity contribution in [2.45, 2.75) is 42.0 Å². The highest BCUT2D eigenvalue weighted by Gasteiger charge is 2.35. The lowest BCUT2D eigenvalue weighted by Crippen LogP contribution is -2.30. The van der Waals surface area contributed by atoms with Crippen molar-refractivity contribution >= 4 is 43.7 Å². The quantitative estimate of drug-likeness (QED) is 0.0458. The molecular weight excluding hydrogens is 650 g/mol. The van der Waals surface area contributed by atoms with Gasteiger partial charge in [-0.3, -0.25) is 14.6 Å². The van der Waals surface area contributed by atoms with Gasteiger partial charge in [0.05, 0.1) is 21.1 Å². The minimum absolute atomic E-state index is 0.136. The highest BCUT2D eigenvalue weighted by atomic mass is 79.9. The Morgan fingerprint density at radius 3 is 2.56 bits per heavy atom. The lowest BCUT2D eigenvalue weighted by Gasteiger charge is -2.09. The first-order valence-electron chi connectivity index (χ1n) is 12.9. The van der Waals surface area contributed by atoms with Gasteiger partial charge < -0.3 is 19.4 Å². The third-order valence-corrected chi connectivity index (χ3v) is 7.94. The Kier molecular flexibility index (Phi) is 13.0. The van der Waals surface area contributed by atoms with Gasteiger partial charge in [0.2, 0.25) is 5.91 Å². The normalized spacial score (nSPS) is 11.0. The fraction of sp³-hybridized carbons (Fsp3) is 0.286. The molecule has 0 saturated heterocycles. The van der Waals surface area contributed by atoms with Gasteiger partial charge in [-0.1, -0.05) is 48.9 Å². The summed E-state index contributed by atoms with van der Waals surface area (Å²) in [7, 11) is -4.24. The number of esters is 1. The van der Waals surface area contributed by atoms with E-state index in [9.17, 15) is 23.2 Å². The van der Waals surface area contributed by atoms with Gasteiger partial charge in [0.15, 0.2) is 13.2 Å². The van der Waals surface area contributed by atoms with Crippen LogP contribution in [0.1, 0.15) is 37.7 Å². The Hall–Kier alpha value is -4.39. The van der Waals surface area contributed by atoms with Gasteiger partial charge in [-0.25, -0.2) is 18.7 Å². The zero-order valence-electron chi connectivity index (χ0n) is 22.7. The summed E-state index contributed by atoms with van der Waals surface area (Å²) in [4.78, 5) is 22.6. The summed E-state index contributed by atoms with van der Waals surface area (Å²) in [5, 5.41) is 22.9. The number of hydrogen-bond donors (Lipinski definition) is 2. The van der Waals surface area contributed by atoms with Crippen LogP contribution in [0.4, 0.5) is 0 Å². The van der Waals surface area contributed by atoms with Crippen LogP contribution in [0.15, 0.2) is 73.6 Å². The zero-order valence-corrected chi connectivity index (χ0v) is 25.1. The number of carbonyl (C=O) groups is 2. The van der Waals surface area contributed by atoms with Crippen molar-refractivity contribution in [3.63, 3.8) is 0 Å². The maximum Gasteiger partial charge on any atom is 0.415 e. The molecule has 1 amide bonds. The molecule has 0 saturated carbocycles. The lowest BCUT2D eigenvalue weighted by molar-refractivity contribution is -0.832. The first kappa shape index (κ1) is 33.1. The molecule has 0 aliphatic carbocycles. The van der Waals surface area contributed by atoms with Gasteiger partial charge in [0.1, 0.15) is 5.75 Å². The molecule has 0 aliphatic rings. The molecule has 2 N–H and O–H groups in total. The summed E-state index contributed by atoms with van der Waals surface area (Å²) in [6.45, 7) is -0.0974. The average Bonchev–Trinajstić information content (AvgIpc) is 3.39. The zero-order chi connectivity index (χ0) is 31.1. The van der Waals surface area contributed by atoms with E-state index in [1.807, 2.05) is 0 Å². The van der Waals surface area contributed by atoms with E-state index in [4.69, 9.17) is 19.4 Å². The predicted molar refractivity (Wildman–Crippen MR) is 153 cm³/mol. The maximum absolute atomic E-state index is 12.7. The van der Waals surface area contributed by atoms with E-state index in [0.29, 0.717) is 23.2 Å². The first-order valence-corrected chi connectivity index (χ1v) is 15.2. The number of nitrogens with one attached hydrogen (secondary N) is 1. The number of nitrogens with zero attached hydrogens (tertiary/aromatic N) is 2. The molecule has 0 unspecified atom stereocenters. The number of hydroxylamine groups is 1. The van der Waals surface area contributed by atoms with E-state index in [0.717, 1.165) is 24.8 Å². The fourth-order valence-electron chi connectivity index (χ4n) is 3.48. The van der Waals surface area contributed by atoms with Crippen molar-refractivity contribution in [3.05, 3.63) is 69.9 Å². The van der Waals surface area contributed by atoms with Crippen LogP contribution in [0.3, 0.4) is 0 Å². The molecule has 1 aromatic heterocycles. The van der Waals surface area contributed by atoms with Crippen molar-refractivity contribution in [1.29, 1.82) is 0 Å². The number of hydrogen-bond acceptors (Lipinski definition) is 11. The van der Waals surface area contributed by atoms with E-state index in [1.54, 1.807) is 35.8 Å². The number of ether oxygens (including phenoxy) is 3. The van der Waals surface area contributed by atoms with Crippen molar-refractivity contribution in [1.82, 2.24) is 10.6 Å². The topological polar surface area (TPSA) is 181 Å². The van der Waals surface area contributed by atoms with Crippen LogP contribution in [0.25, 0.3) is 6.08 Å². The molecule has 3 rings (SSSR count). The third kappa shape index (κ3) is 10.4. The van der Waals surface area contributed by atoms with Gasteiger partial charge in [-0.2, -0.15) is 0 Å². The molecule has 0 atom stereocenters. The molecule has 15 heteroatoms. The number of unbranched alkanes of at least 4 members (excludes halogenated alkanes) is 3. The van der Waals surface area contributed by atoms with Crippen LogP contribution in [0.2, 0.25) is 0 Å². The van der Waals surface area contributed by atoms with Gasteiger partial charge in [-0.05, 0) is 69.6 Å². The van der Waals surface area contributed by atoms with Crippen molar-refractivity contribution in [3.8, 4) is 23.5 Å². The summed E-state index contributed by atoms with van der Waals surface area (Å²) in [5.41, 5.74) is 2.33. The van der Waals surface area contributed by atoms with Crippen LogP contribution in [0.5, 0.6) is 11.6 Å². The average molecular weight is 679 g/mol. The van der Waals surface area contributed by atoms with E-state index in [-0.39, 0.29) is 29.4 Å². The summed E-state index contributed by atoms with van der Waals surface area (Å²) in [6.07, 6.45) is 6.33. The van der Waals surface area contributed by atoms with Crippen LogP contribution < -0.4 is 19.9 Å². The van der Waals surface area contributed by atoms with Crippen molar-refractivity contribution in [2.75, 3.05) is 19.8 Å². The lowest BCUT2D eigenvalue weighted by atomic mass is 10.1. The standard InChI is InChI=1S/C28H28BrN3O10S/c29-23-20-21(13-15-24(23)39-17-7-2-1-6-12-25(33)30-35)14-16-26(34)40-18-8-9-19-41-27-28(32(36)42-31-27)43(37,38)22-10-4-3-5-11-22/h3-5,10-11,13-16,20,35H,1-2,6-7,12,17-19H2,(H,30,33). The summed E-state index contributed by atoms with van der Waals surface area (Å²) < 4.78 is 46.5. The second kappa shape index (κ2) is 16.9. The van der Waals surface area contributed by atoms with E-state index >= 15 is 0 Å². The Bertz CT molecular complexity index is 1580. The summed E-state index contributed by atoms with van der Waals surface area (Å²) in [5.74, 6) is 4.16. The van der Waals surface area contributed by atoms with E-state index < -0.39 is 32.6 Å². The SMILES string of the molecule is O=C(CCCCCCOc1ccc(C=CC(=O)OCC#CCOc2no[n+]([O-])c2S(=O)(=O)c2ccccc2)cc1Br)NO. The molecule has 43 heavy (non-hydrogen) atoms. The molecule has 0 radical (unpaired) electrons. The van der Waals surface area contributed by atoms with Crippen LogP contribution in [-0.2, 0) is 24.2 Å². The molecule has 228 valence electrons. The van der Waals surface area contributed by atoms with Gasteiger partial charge in [0, 0.05) is 12.5 Å². The smallest absolute Gasteiger partial charge is 0.415 e. The molecular formula is C28H28BrN3O10S. The van der Waals surface area contributed by atoms with Gasteiger partial charge >= 0.3 is 16.9 Å². The number of aromatic nitrogens is 2. The third-order valence-electron chi connectivity index (χ3n) is 5.60. The van der Waals surface area contributed by atoms with Crippen molar-refractivity contribution in [2.24, 2.45) is 0 Å². The van der Waals surface area contributed by atoms with Crippen LogP contribution in [-0.4, -0.2) is 50.5 Å². The number of sulfone groups is 1. The Morgan fingerprint density at radius 2 is 1.81 bits per heavy atom. The monoisotopic (exact) mass is 677 g/mol. The number of benzene rings is 2. The number of amides is 1. The van der Waals surface area contributed by atoms with Gasteiger partial charge in [0.25, 0.3) is 9.84 Å². The Labute approximate surface area is 256 Å². The Morgan fingerprint density at radius 1 is 1.07 bits per heavy atom. The van der Waals surface area contributed by atoms with E-state index in [1.165, 1.54) is 30.3 Å². The maximum atomic E-state index is 12.7. The van der Waals surface area contributed by atoms with Crippen LogP contribution >= 0.6 is 15.9 Å². The second-order valence-corrected chi connectivity index (χ2v) is 11.4. The van der Waals surface area contributed by atoms with E-state index in [2.05, 4.69) is 37.6 Å². The summed E-state index contributed by atoms with van der Waals surface area (Å²) in [6, 6.07) is 12.6. The summed E-state index contributed by atoms with van der Waals surface area (Å²) >= 11 is 3.45. The number of rotatable bonds is 15. The second-order valence-electron chi connectivity index (χ2n) is 8.68. The Balaban J connectivity index is 1.39. The largest absolute Gasteiger partial charge is 0.492 e. The molecule has 2 aromatic carbocycles. The molecule has 0 bridgehead atoms. The fourth-order valence-corrected chi connectivity index (χ4v) is 5.29. The molecule has 0 fully saturated rings. The molecule has 0 spiro atoms. The molecule has 13 nitrogen and oxygen atoms in total. The minimum atomic E-state index is -4.24. The molecule has 3 aromatic rings. The minimum Gasteiger partial charge on any atom is -0.492 e. The van der Waals surface area contributed by atoms with Crippen LogP contribution in [0, 0.1) is 17.0 Å². The highest BCUT2D eigenvalue weighted by Crippen LogP contribution is 2.27. The first-order chi connectivity index (χ1) is 20.7. The molecule has 1 heterocycles. The number of carbonyl (C=O) groups excluding carboxylic acids is 2. The molecule has 0 aliphatic heterocycles. The van der Waals surface area contributed by atoms with Gasteiger partial charge in [-0.15, -0.1) is 0 Å². The highest BCUT2D eigenvalue weighted by molar-refractivity contribution is 9.10. The number of halogens is 1. The predicted octanol–water partition coefficient (Wildman–Crippen LogP) is 3.38.